The van der Waals surface area contributed by atoms with Gasteiger partial charge in [-0.15, -0.1) is 24.0 Å². The molecule has 2 rings (SSSR count). The number of hydrogen-bond acceptors (Lipinski definition) is 5. The summed E-state index contributed by atoms with van der Waals surface area (Å²) >= 11 is 0. The van der Waals surface area contributed by atoms with E-state index in [1.54, 1.807) is 25.2 Å². The number of benzene rings is 1. The van der Waals surface area contributed by atoms with Crippen LogP contribution in [-0.4, -0.2) is 58.4 Å². The molecule has 1 aromatic rings. The summed E-state index contributed by atoms with van der Waals surface area (Å²) in [4.78, 5) is 17.4. The maximum absolute atomic E-state index is 12.7. The van der Waals surface area contributed by atoms with Crippen LogP contribution >= 0.6 is 24.0 Å². The Labute approximate surface area is 200 Å². The Bertz CT molecular complexity index is 694. The Morgan fingerprint density at radius 3 is 2.71 bits per heavy atom. The Morgan fingerprint density at radius 1 is 1.26 bits per heavy atom. The Kier molecular flexibility index (Phi) is 13.2. The van der Waals surface area contributed by atoms with E-state index in [1.165, 1.54) is 7.11 Å². The summed E-state index contributed by atoms with van der Waals surface area (Å²) < 4.78 is 34.6. The lowest BCUT2D eigenvalue weighted by atomic mass is 10.1. The van der Waals surface area contributed by atoms with Crippen LogP contribution in [0.15, 0.2) is 29.3 Å². The number of aliphatic imine (C=N–C) groups is 1. The largest absolute Gasteiger partial charge is 0.469 e. The van der Waals surface area contributed by atoms with Crippen LogP contribution in [-0.2, 0) is 9.53 Å². The molecule has 0 bridgehead atoms. The number of methoxy groups -OCH3 is 1. The number of hydrogen-bond donors (Lipinski definition) is 2. The van der Waals surface area contributed by atoms with Crippen LogP contribution in [0.5, 0.6) is 5.75 Å². The first-order valence-electron chi connectivity index (χ1n) is 10.4. The highest BCUT2D eigenvalue weighted by molar-refractivity contribution is 14.0. The second kappa shape index (κ2) is 15.0. The van der Waals surface area contributed by atoms with Crippen molar-refractivity contribution in [3.63, 3.8) is 0 Å². The average Bonchev–Trinajstić information content (AvgIpc) is 3.20. The first-order chi connectivity index (χ1) is 14.5. The number of guanidine groups is 1. The van der Waals surface area contributed by atoms with Gasteiger partial charge in [-0.1, -0.05) is 25.0 Å². The normalized spacial score (nSPS) is 16.1. The summed E-state index contributed by atoms with van der Waals surface area (Å²) in [6.45, 7) is -0.624. The van der Waals surface area contributed by atoms with Crippen molar-refractivity contribution in [3.05, 3.63) is 24.3 Å². The SMILES string of the molecule is CN=C(NCCCCCCC(=O)OC)NC1CCN(c2ccccc2OC(F)F)C1.I. The van der Waals surface area contributed by atoms with Crippen LogP contribution in [0.2, 0.25) is 0 Å². The molecular weight excluding hydrogens is 521 g/mol. The van der Waals surface area contributed by atoms with E-state index in [2.05, 4.69) is 25.1 Å². The molecule has 0 amide bonds. The predicted octanol–water partition coefficient (Wildman–Crippen LogP) is 3.77. The number of carbonyl (C=O) groups excluding carboxylic acids is 1. The van der Waals surface area contributed by atoms with E-state index in [0.29, 0.717) is 18.7 Å². The number of carbonyl (C=O) groups is 1. The molecule has 176 valence electrons. The van der Waals surface area contributed by atoms with Crippen molar-refractivity contribution in [2.75, 3.05) is 38.7 Å². The van der Waals surface area contributed by atoms with Crippen molar-refractivity contribution in [1.82, 2.24) is 10.6 Å². The van der Waals surface area contributed by atoms with E-state index in [-0.39, 0.29) is 41.7 Å². The number of anilines is 1. The standard InChI is InChI=1S/C21H32F2N4O3.HI/c1-24-21(25-13-8-4-3-5-11-19(28)29-2)26-16-12-14-27(15-16)17-9-6-7-10-18(17)30-20(22)23;/h6-7,9-10,16,20H,3-5,8,11-15H2,1-2H3,(H2,24,25,26);1H. The van der Waals surface area contributed by atoms with Gasteiger partial charge in [-0.25, -0.2) is 0 Å². The Balaban J connectivity index is 0.00000480. The molecule has 1 fully saturated rings. The maximum atomic E-state index is 12.7. The van der Waals surface area contributed by atoms with Gasteiger partial charge in [-0.3, -0.25) is 9.79 Å². The zero-order valence-corrected chi connectivity index (χ0v) is 20.4. The number of para-hydroxylation sites is 2. The van der Waals surface area contributed by atoms with E-state index in [1.807, 2.05) is 11.0 Å². The maximum Gasteiger partial charge on any atom is 0.387 e. The molecular formula is C21H33F2IN4O3. The molecule has 1 atom stereocenters. The third kappa shape index (κ3) is 9.88. The predicted molar refractivity (Wildman–Crippen MR) is 129 cm³/mol. The summed E-state index contributed by atoms with van der Waals surface area (Å²) in [5.41, 5.74) is 0.678. The third-order valence-electron chi connectivity index (χ3n) is 5.00. The van der Waals surface area contributed by atoms with Crippen molar-refractivity contribution in [2.24, 2.45) is 4.99 Å². The van der Waals surface area contributed by atoms with Crippen molar-refractivity contribution in [2.45, 2.75) is 51.2 Å². The van der Waals surface area contributed by atoms with Crippen molar-refractivity contribution < 1.29 is 23.0 Å². The fraction of sp³-hybridized carbons (Fsp3) is 0.619. The molecule has 0 spiro atoms. The molecule has 1 unspecified atom stereocenters. The molecule has 0 aliphatic carbocycles. The molecule has 2 N–H and O–H groups in total. The highest BCUT2D eigenvalue weighted by atomic mass is 127. The van der Waals surface area contributed by atoms with Crippen molar-refractivity contribution in [3.8, 4) is 5.75 Å². The van der Waals surface area contributed by atoms with E-state index < -0.39 is 6.61 Å². The van der Waals surface area contributed by atoms with E-state index in [4.69, 9.17) is 0 Å². The van der Waals surface area contributed by atoms with Gasteiger partial charge < -0.3 is 25.0 Å². The average molecular weight is 554 g/mol. The number of rotatable bonds is 11. The highest BCUT2D eigenvalue weighted by Gasteiger charge is 2.25. The lowest BCUT2D eigenvalue weighted by Crippen LogP contribution is -2.44. The Hall–Kier alpha value is -1.85. The number of nitrogens with one attached hydrogen (secondary N) is 2. The fourth-order valence-corrected chi connectivity index (χ4v) is 3.46. The van der Waals surface area contributed by atoms with Crippen LogP contribution in [0.4, 0.5) is 14.5 Å². The molecule has 10 heteroatoms. The second-order valence-corrected chi connectivity index (χ2v) is 7.16. The number of alkyl halides is 2. The summed E-state index contributed by atoms with van der Waals surface area (Å²) in [7, 11) is 3.13. The van der Waals surface area contributed by atoms with Crippen LogP contribution in [0, 0.1) is 0 Å². The van der Waals surface area contributed by atoms with E-state index in [0.717, 1.165) is 51.2 Å². The number of unbranched alkanes of at least 4 members (excludes halogenated alkanes) is 3. The van der Waals surface area contributed by atoms with Gasteiger partial charge in [0.1, 0.15) is 5.75 Å². The van der Waals surface area contributed by atoms with Crippen LogP contribution < -0.4 is 20.3 Å². The molecule has 0 aromatic heterocycles. The van der Waals surface area contributed by atoms with Gasteiger partial charge in [-0.2, -0.15) is 8.78 Å². The highest BCUT2D eigenvalue weighted by Crippen LogP contribution is 2.31. The van der Waals surface area contributed by atoms with E-state index >= 15 is 0 Å². The minimum Gasteiger partial charge on any atom is -0.469 e. The fourth-order valence-electron chi connectivity index (χ4n) is 3.46. The minimum absolute atomic E-state index is 0. The number of halogens is 3. The third-order valence-corrected chi connectivity index (χ3v) is 5.00. The van der Waals surface area contributed by atoms with Crippen molar-refractivity contribution >= 4 is 41.6 Å². The lowest BCUT2D eigenvalue weighted by molar-refractivity contribution is -0.140. The van der Waals surface area contributed by atoms with E-state index in [9.17, 15) is 13.6 Å². The zero-order chi connectivity index (χ0) is 21.8. The van der Waals surface area contributed by atoms with Gasteiger partial charge in [-0.05, 0) is 31.4 Å². The van der Waals surface area contributed by atoms with Crippen LogP contribution in [0.1, 0.15) is 38.5 Å². The van der Waals surface area contributed by atoms with Gasteiger partial charge in [0, 0.05) is 39.1 Å². The Morgan fingerprint density at radius 2 is 2.00 bits per heavy atom. The van der Waals surface area contributed by atoms with Gasteiger partial charge >= 0.3 is 12.6 Å². The number of nitrogens with zero attached hydrogens (tertiary/aromatic N) is 2. The summed E-state index contributed by atoms with van der Waals surface area (Å²) in [6, 6.07) is 7.03. The molecule has 0 saturated carbocycles. The van der Waals surface area contributed by atoms with Gasteiger partial charge in [0.15, 0.2) is 5.96 Å². The molecule has 1 aromatic carbocycles. The summed E-state index contributed by atoms with van der Waals surface area (Å²) in [5, 5.41) is 6.70. The number of esters is 1. The lowest BCUT2D eigenvalue weighted by Gasteiger charge is -2.22. The molecule has 7 nitrogen and oxygen atoms in total. The molecule has 31 heavy (non-hydrogen) atoms. The smallest absolute Gasteiger partial charge is 0.387 e. The number of ether oxygens (including phenoxy) is 2. The molecule has 1 heterocycles. The molecule has 0 radical (unpaired) electrons. The van der Waals surface area contributed by atoms with Gasteiger partial charge in [0.25, 0.3) is 0 Å². The topological polar surface area (TPSA) is 75.2 Å². The molecule has 1 saturated heterocycles. The zero-order valence-electron chi connectivity index (χ0n) is 18.1. The van der Waals surface area contributed by atoms with Crippen molar-refractivity contribution in [1.29, 1.82) is 0 Å². The summed E-state index contributed by atoms with van der Waals surface area (Å²) in [5.74, 6) is 0.767. The monoisotopic (exact) mass is 554 g/mol. The second-order valence-electron chi connectivity index (χ2n) is 7.16. The van der Waals surface area contributed by atoms with Crippen LogP contribution in [0.3, 0.4) is 0 Å². The van der Waals surface area contributed by atoms with Crippen LogP contribution in [0.25, 0.3) is 0 Å². The molecule has 1 aliphatic heterocycles. The van der Waals surface area contributed by atoms with Gasteiger partial charge in [0.2, 0.25) is 0 Å². The quantitative estimate of drug-likeness (QED) is 0.143. The molecule has 1 aliphatic rings. The first kappa shape index (κ1) is 27.2. The summed E-state index contributed by atoms with van der Waals surface area (Å²) in [6.07, 6.45) is 5.18. The van der Waals surface area contributed by atoms with Gasteiger partial charge in [0.05, 0.1) is 12.8 Å². The first-order valence-corrected chi connectivity index (χ1v) is 10.4. The minimum atomic E-state index is -2.84.